The molecule has 1 rings (SSSR count). The topological polar surface area (TPSA) is 65.0 Å². The first-order valence-corrected chi connectivity index (χ1v) is 6.78. The minimum absolute atomic E-state index is 0.147. The summed E-state index contributed by atoms with van der Waals surface area (Å²) < 4.78 is 16.0. The Kier molecular flexibility index (Phi) is 9.48. The van der Waals surface area contributed by atoms with Gasteiger partial charge in [0.2, 0.25) is 0 Å². The number of carboxylic acid groups (broad SMARTS) is 1. The summed E-state index contributed by atoms with van der Waals surface area (Å²) in [4.78, 5) is 10.2. The zero-order valence-corrected chi connectivity index (χ0v) is 11.6. The number of carboxylic acids is 1. The van der Waals surface area contributed by atoms with E-state index < -0.39 is 5.97 Å². The van der Waals surface area contributed by atoms with Crippen LogP contribution >= 0.6 is 0 Å². The van der Waals surface area contributed by atoms with Gasteiger partial charge in [-0.1, -0.05) is 30.3 Å². The molecule has 0 saturated carbocycles. The summed E-state index contributed by atoms with van der Waals surface area (Å²) in [6.45, 7) is 3.12. The summed E-state index contributed by atoms with van der Waals surface area (Å²) in [6.07, 6.45) is 0.684. The molecule has 1 aromatic carbocycles. The van der Waals surface area contributed by atoms with Gasteiger partial charge in [0, 0.05) is 13.0 Å². The zero-order valence-electron chi connectivity index (χ0n) is 11.6. The van der Waals surface area contributed by atoms with Crippen LogP contribution in [0.2, 0.25) is 0 Å². The standard InChI is InChI=1S/C15H22O5/c16-15(17)7-4-8-18-9-10-19-11-12-20-13-14-5-2-1-3-6-14/h1-3,5-6H,4,7-13H2,(H,16,17). The van der Waals surface area contributed by atoms with Crippen LogP contribution in [-0.2, 0) is 25.6 Å². The molecule has 0 bridgehead atoms. The summed E-state index contributed by atoms with van der Waals surface area (Å²) in [5.74, 6) is -0.791. The van der Waals surface area contributed by atoms with E-state index in [1.165, 1.54) is 0 Å². The van der Waals surface area contributed by atoms with E-state index in [1.807, 2.05) is 30.3 Å². The van der Waals surface area contributed by atoms with Gasteiger partial charge in [0.15, 0.2) is 0 Å². The highest BCUT2D eigenvalue weighted by Gasteiger charge is 1.96. The molecular formula is C15H22O5. The van der Waals surface area contributed by atoms with Gasteiger partial charge in [-0.25, -0.2) is 0 Å². The average Bonchev–Trinajstić information content (AvgIpc) is 2.45. The Balaban J connectivity index is 1.80. The lowest BCUT2D eigenvalue weighted by Crippen LogP contribution is -2.10. The highest BCUT2D eigenvalue weighted by atomic mass is 16.5. The molecule has 5 nitrogen and oxygen atoms in total. The van der Waals surface area contributed by atoms with E-state index in [2.05, 4.69) is 0 Å². The molecule has 0 fully saturated rings. The molecule has 0 spiro atoms. The predicted octanol–water partition coefficient (Wildman–Crippen LogP) is 2.10. The summed E-state index contributed by atoms with van der Waals surface area (Å²) >= 11 is 0. The Hall–Kier alpha value is -1.43. The van der Waals surface area contributed by atoms with Crippen LogP contribution in [0.25, 0.3) is 0 Å². The number of aliphatic carboxylic acids is 1. The van der Waals surface area contributed by atoms with E-state index in [0.29, 0.717) is 46.1 Å². The van der Waals surface area contributed by atoms with Crippen LogP contribution in [0, 0.1) is 0 Å². The Morgan fingerprint density at radius 1 is 0.900 bits per heavy atom. The van der Waals surface area contributed by atoms with Crippen LogP contribution in [0.1, 0.15) is 18.4 Å². The molecule has 0 aromatic heterocycles. The van der Waals surface area contributed by atoms with Crippen LogP contribution in [0.15, 0.2) is 30.3 Å². The van der Waals surface area contributed by atoms with E-state index in [9.17, 15) is 4.79 Å². The third kappa shape index (κ3) is 9.49. The summed E-state index contributed by atoms with van der Waals surface area (Å²) in [6, 6.07) is 9.98. The van der Waals surface area contributed by atoms with Crippen LogP contribution in [0.4, 0.5) is 0 Å². The molecule has 20 heavy (non-hydrogen) atoms. The van der Waals surface area contributed by atoms with Crippen molar-refractivity contribution >= 4 is 5.97 Å². The fraction of sp³-hybridized carbons (Fsp3) is 0.533. The van der Waals surface area contributed by atoms with Gasteiger partial charge in [0.1, 0.15) is 0 Å². The summed E-state index contributed by atoms with van der Waals surface area (Å²) in [5, 5.41) is 8.42. The van der Waals surface area contributed by atoms with Crippen LogP contribution in [-0.4, -0.2) is 44.1 Å². The molecule has 112 valence electrons. The number of hydrogen-bond acceptors (Lipinski definition) is 4. The Bertz CT molecular complexity index is 353. The fourth-order valence-corrected chi connectivity index (χ4v) is 1.53. The second-order valence-electron chi connectivity index (χ2n) is 4.26. The highest BCUT2D eigenvalue weighted by molar-refractivity contribution is 5.66. The predicted molar refractivity (Wildman–Crippen MR) is 74.6 cm³/mol. The van der Waals surface area contributed by atoms with Crippen molar-refractivity contribution in [2.45, 2.75) is 19.4 Å². The van der Waals surface area contributed by atoms with E-state index >= 15 is 0 Å². The van der Waals surface area contributed by atoms with Crippen LogP contribution in [0.5, 0.6) is 0 Å². The molecule has 0 radical (unpaired) electrons. The number of ether oxygens (including phenoxy) is 3. The molecule has 0 atom stereocenters. The van der Waals surface area contributed by atoms with Crippen molar-refractivity contribution in [3.8, 4) is 0 Å². The van der Waals surface area contributed by atoms with Gasteiger partial charge in [-0.3, -0.25) is 4.79 Å². The molecule has 5 heteroatoms. The van der Waals surface area contributed by atoms with Crippen molar-refractivity contribution in [3.05, 3.63) is 35.9 Å². The van der Waals surface area contributed by atoms with Gasteiger partial charge in [-0.2, -0.15) is 0 Å². The average molecular weight is 282 g/mol. The van der Waals surface area contributed by atoms with Crippen molar-refractivity contribution in [2.24, 2.45) is 0 Å². The third-order valence-corrected chi connectivity index (χ3v) is 2.53. The maximum atomic E-state index is 10.2. The molecule has 1 N–H and O–H groups in total. The lowest BCUT2D eigenvalue weighted by molar-refractivity contribution is -0.137. The van der Waals surface area contributed by atoms with Gasteiger partial charge in [-0.15, -0.1) is 0 Å². The number of carbonyl (C=O) groups is 1. The number of hydrogen-bond donors (Lipinski definition) is 1. The highest BCUT2D eigenvalue weighted by Crippen LogP contribution is 1.99. The molecule has 0 unspecified atom stereocenters. The van der Waals surface area contributed by atoms with Crippen LogP contribution in [0.3, 0.4) is 0 Å². The molecule has 0 saturated heterocycles. The minimum atomic E-state index is -0.791. The monoisotopic (exact) mass is 282 g/mol. The molecular weight excluding hydrogens is 260 g/mol. The Morgan fingerprint density at radius 2 is 1.50 bits per heavy atom. The van der Waals surface area contributed by atoms with Crippen LogP contribution < -0.4 is 0 Å². The second-order valence-corrected chi connectivity index (χ2v) is 4.26. The summed E-state index contributed by atoms with van der Waals surface area (Å²) in [7, 11) is 0. The lowest BCUT2D eigenvalue weighted by atomic mass is 10.2. The second kappa shape index (κ2) is 11.4. The first-order chi connectivity index (χ1) is 9.79. The Labute approximate surface area is 119 Å². The van der Waals surface area contributed by atoms with Gasteiger partial charge in [0.05, 0.1) is 33.0 Å². The fourth-order valence-electron chi connectivity index (χ4n) is 1.53. The van der Waals surface area contributed by atoms with E-state index in [0.717, 1.165) is 5.56 Å². The van der Waals surface area contributed by atoms with E-state index in [4.69, 9.17) is 19.3 Å². The van der Waals surface area contributed by atoms with E-state index in [1.54, 1.807) is 0 Å². The first-order valence-electron chi connectivity index (χ1n) is 6.78. The molecule has 0 aliphatic carbocycles. The Morgan fingerprint density at radius 3 is 2.15 bits per heavy atom. The molecule has 0 amide bonds. The zero-order chi connectivity index (χ0) is 14.5. The maximum Gasteiger partial charge on any atom is 0.303 e. The lowest BCUT2D eigenvalue weighted by Gasteiger charge is -2.06. The first kappa shape index (κ1) is 16.6. The van der Waals surface area contributed by atoms with Gasteiger partial charge < -0.3 is 19.3 Å². The van der Waals surface area contributed by atoms with Crippen molar-refractivity contribution in [2.75, 3.05) is 33.0 Å². The van der Waals surface area contributed by atoms with Gasteiger partial charge in [0.25, 0.3) is 0 Å². The van der Waals surface area contributed by atoms with Crippen molar-refractivity contribution in [1.29, 1.82) is 0 Å². The van der Waals surface area contributed by atoms with Gasteiger partial charge in [-0.05, 0) is 12.0 Å². The SMILES string of the molecule is O=C(O)CCCOCCOCCOCc1ccccc1. The quantitative estimate of drug-likeness (QED) is 0.595. The normalized spacial score (nSPS) is 10.6. The maximum absolute atomic E-state index is 10.2. The van der Waals surface area contributed by atoms with Gasteiger partial charge >= 0.3 is 5.97 Å². The van der Waals surface area contributed by atoms with Crippen molar-refractivity contribution in [3.63, 3.8) is 0 Å². The van der Waals surface area contributed by atoms with E-state index in [-0.39, 0.29) is 6.42 Å². The smallest absolute Gasteiger partial charge is 0.303 e. The molecule has 0 aliphatic heterocycles. The van der Waals surface area contributed by atoms with Crippen molar-refractivity contribution < 1.29 is 24.1 Å². The largest absolute Gasteiger partial charge is 0.481 e. The third-order valence-electron chi connectivity index (χ3n) is 2.53. The molecule has 1 aromatic rings. The number of rotatable bonds is 12. The number of benzene rings is 1. The summed E-state index contributed by atoms with van der Waals surface area (Å²) in [5.41, 5.74) is 1.15. The molecule has 0 heterocycles. The molecule has 0 aliphatic rings. The minimum Gasteiger partial charge on any atom is -0.481 e. The van der Waals surface area contributed by atoms with Crippen molar-refractivity contribution in [1.82, 2.24) is 0 Å².